The Bertz CT molecular complexity index is 917. The van der Waals surface area contributed by atoms with Gasteiger partial charge in [0.1, 0.15) is 0 Å². The minimum Gasteiger partial charge on any atom is -0.318 e. The van der Waals surface area contributed by atoms with Gasteiger partial charge in [-0.05, 0) is 38.5 Å². The third-order valence-electron chi connectivity index (χ3n) is 4.22. The van der Waals surface area contributed by atoms with Crippen LogP contribution in [0.2, 0.25) is 0 Å². The molecule has 0 fully saturated rings. The van der Waals surface area contributed by atoms with Crippen LogP contribution < -0.4 is 10.6 Å². The van der Waals surface area contributed by atoms with E-state index in [1.165, 1.54) is 6.07 Å². The monoisotopic (exact) mass is 436 g/mol. The molecule has 164 valence electrons. The molecule has 0 bridgehead atoms. The van der Waals surface area contributed by atoms with Crippen LogP contribution in [-0.4, -0.2) is 21.6 Å². The first-order chi connectivity index (χ1) is 13.7. The SMILES string of the molecule is CC[C@@H](C)n1nc(NC(=O)C(=O)Nc2cc(C(F)(F)F)cc(C(F)(F)F)c2)cc1C. The van der Waals surface area contributed by atoms with Crippen LogP contribution >= 0.6 is 0 Å². The van der Waals surface area contributed by atoms with E-state index in [9.17, 15) is 35.9 Å². The molecular weight excluding hydrogens is 418 g/mol. The molecule has 0 radical (unpaired) electrons. The molecule has 1 atom stereocenters. The molecule has 1 aromatic carbocycles. The molecule has 0 aliphatic carbocycles. The summed E-state index contributed by atoms with van der Waals surface area (Å²) < 4.78 is 78.9. The number of alkyl halides is 6. The molecule has 12 heteroatoms. The maximum absolute atomic E-state index is 12.9. The lowest BCUT2D eigenvalue weighted by Gasteiger charge is -2.14. The molecule has 1 heterocycles. The van der Waals surface area contributed by atoms with Crippen LogP contribution in [0.4, 0.5) is 37.8 Å². The van der Waals surface area contributed by atoms with Gasteiger partial charge in [-0.25, -0.2) is 0 Å². The Hall–Kier alpha value is -3.05. The Kier molecular flexibility index (Phi) is 6.48. The van der Waals surface area contributed by atoms with Crippen molar-refractivity contribution in [1.82, 2.24) is 9.78 Å². The van der Waals surface area contributed by atoms with Gasteiger partial charge in [0.05, 0.1) is 11.1 Å². The molecule has 30 heavy (non-hydrogen) atoms. The van der Waals surface area contributed by atoms with Gasteiger partial charge < -0.3 is 10.6 Å². The first-order valence-corrected chi connectivity index (χ1v) is 8.70. The third-order valence-corrected chi connectivity index (χ3v) is 4.22. The van der Waals surface area contributed by atoms with Crippen molar-refractivity contribution in [2.24, 2.45) is 0 Å². The van der Waals surface area contributed by atoms with Gasteiger partial charge >= 0.3 is 24.2 Å². The summed E-state index contributed by atoms with van der Waals surface area (Å²) in [7, 11) is 0. The molecule has 6 nitrogen and oxygen atoms in total. The van der Waals surface area contributed by atoms with E-state index in [0.29, 0.717) is 17.8 Å². The van der Waals surface area contributed by atoms with E-state index in [-0.39, 0.29) is 17.9 Å². The zero-order valence-electron chi connectivity index (χ0n) is 16.1. The number of carbonyl (C=O) groups is 2. The van der Waals surface area contributed by atoms with E-state index in [0.717, 1.165) is 6.42 Å². The zero-order chi connectivity index (χ0) is 22.9. The second kappa shape index (κ2) is 8.36. The number of carbonyl (C=O) groups excluding carboxylic acids is 2. The lowest BCUT2D eigenvalue weighted by atomic mass is 10.1. The molecular formula is C18H18F6N4O2. The quantitative estimate of drug-likeness (QED) is 0.535. The summed E-state index contributed by atoms with van der Waals surface area (Å²) in [6.07, 6.45) is -9.42. The average molecular weight is 436 g/mol. The summed E-state index contributed by atoms with van der Waals surface area (Å²) in [5, 5.41) is 8.03. The van der Waals surface area contributed by atoms with Crippen molar-refractivity contribution in [3.05, 3.63) is 41.1 Å². The van der Waals surface area contributed by atoms with Crippen LogP contribution in [0.3, 0.4) is 0 Å². The summed E-state index contributed by atoms with van der Waals surface area (Å²) >= 11 is 0. The van der Waals surface area contributed by atoms with Gasteiger partial charge in [-0.1, -0.05) is 6.92 Å². The number of benzene rings is 1. The van der Waals surface area contributed by atoms with Crippen LogP contribution in [0, 0.1) is 6.92 Å². The molecule has 2 N–H and O–H groups in total. The Labute approximate surface area is 167 Å². The number of aryl methyl sites for hydroxylation is 1. The number of hydrogen-bond acceptors (Lipinski definition) is 3. The van der Waals surface area contributed by atoms with Crippen LogP contribution in [-0.2, 0) is 21.9 Å². The minimum absolute atomic E-state index is 0.00961. The molecule has 0 saturated heterocycles. The lowest BCUT2D eigenvalue weighted by molar-refractivity contribution is -0.143. The predicted octanol–water partition coefficient (Wildman–Crippen LogP) is 4.78. The lowest BCUT2D eigenvalue weighted by Crippen LogP contribution is -2.29. The third kappa shape index (κ3) is 5.51. The average Bonchev–Trinajstić information content (AvgIpc) is 2.99. The molecule has 0 unspecified atom stereocenters. The summed E-state index contributed by atoms with van der Waals surface area (Å²) in [6, 6.07) is 2.02. The molecule has 0 aliphatic rings. The van der Waals surface area contributed by atoms with Crippen LogP contribution in [0.5, 0.6) is 0 Å². The van der Waals surface area contributed by atoms with E-state index >= 15 is 0 Å². The van der Waals surface area contributed by atoms with Crippen molar-refractivity contribution in [3.8, 4) is 0 Å². The predicted molar refractivity (Wildman–Crippen MR) is 95.7 cm³/mol. The number of amides is 2. The Morgan fingerprint density at radius 3 is 1.93 bits per heavy atom. The van der Waals surface area contributed by atoms with Gasteiger partial charge in [0, 0.05) is 23.5 Å². The number of rotatable bonds is 4. The van der Waals surface area contributed by atoms with Crippen LogP contribution in [0.1, 0.15) is 43.1 Å². The summed E-state index contributed by atoms with van der Waals surface area (Å²) in [4.78, 5) is 24.0. The van der Waals surface area contributed by atoms with E-state index in [2.05, 4.69) is 10.4 Å². The molecule has 2 aromatic rings. The first kappa shape index (κ1) is 23.2. The number of nitrogens with zero attached hydrogens (tertiary/aromatic N) is 2. The second-order valence-corrected chi connectivity index (χ2v) is 6.58. The Balaban J connectivity index is 2.22. The minimum atomic E-state index is -5.08. The Morgan fingerprint density at radius 1 is 0.967 bits per heavy atom. The fourth-order valence-corrected chi connectivity index (χ4v) is 2.56. The highest BCUT2D eigenvalue weighted by Gasteiger charge is 2.37. The molecule has 0 saturated carbocycles. The first-order valence-electron chi connectivity index (χ1n) is 8.70. The molecule has 0 aliphatic heterocycles. The van der Waals surface area contributed by atoms with Crippen LogP contribution in [0.25, 0.3) is 0 Å². The number of nitrogens with one attached hydrogen (secondary N) is 2. The van der Waals surface area contributed by atoms with Gasteiger partial charge in [-0.3, -0.25) is 14.3 Å². The summed E-state index contributed by atoms with van der Waals surface area (Å²) in [6.45, 7) is 5.52. The highest BCUT2D eigenvalue weighted by atomic mass is 19.4. The Morgan fingerprint density at radius 2 is 1.47 bits per heavy atom. The number of halogens is 6. The highest BCUT2D eigenvalue weighted by Crippen LogP contribution is 2.37. The fraction of sp³-hybridized carbons (Fsp3) is 0.389. The topological polar surface area (TPSA) is 76.0 Å². The summed E-state index contributed by atoms with van der Waals surface area (Å²) in [5.41, 5.74) is -3.36. The second-order valence-electron chi connectivity index (χ2n) is 6.58. The van der Waals surface area contributed by atoms with E-state index < -0.39 is 41.0 Å². The van der Waals surface area contributed by atoms with Crippen molar-refractivity contribution in [2.75, 3.05) is 10.6 Å². The van der Waals surface area contributed by atoms with Crippen molar-refractivity contribution >= 4 is 23.3 Å². The molecule has 1 aromatic heterocycles. The van der Waals surface area contributed by atoms with Crippen LogP contribution in [0.15, 0.2) is 24.3 Å². The number of hydrogen-bond donors (Lipinski definition) is 2. The maximum atomic E-state index is 12.9. The maximum Gasteiger partial charge on any atom is 0.416 e. The smallest absolute Gasteiger partial charge is 0.318 e. The standard InChI is InChI=1S/C18H18F6N4O2/c1-4-9(2)28-10(3)5-14(27-28)26-16(30)15(29)25-13-7-11(17(19,20)21)6-12(8-13)18(22,23)24/h5-9H,4H2,1-3H3,(H,25,29)(H,26,27,30)/t9-/m1/s1. The normalized spacial score (nSPS) is 13.1. The van der Waals surface area contributed by atoms with Gasteiger partial charge in [0.15, 0.2) is 5.82 Å². The van der Waals surface area contributed by atoms with E-state index in [1.807, 2.05) is 13.8 Å². The van der Waals surface area contributed by atoms with Crippen molar-refractivity contribution in [2.45, 2.75) is 45.6 Å². The zero-order valence-corrected chi connectivity index (χ0v) is 16.1. The van der Waals surface area contributed by atoms with E-state index in [1.54, 1.807) is 16.9 Å². The number of anilines is 2. The van der Waals surface area contributed by atoms with Crippen molar-refractivity contribution < 1.29 is 35.9 Å². The van der Waals surface area contributed by atoms with Crippen molar-refractivity contribution in [3.63, 3.8) is 0 Å². The molecule has 0 spiro atoms. The van der Waals surface area contributed by atoms with Gasteiger partial charge in [-0.2, -0.15) is 31.4 Å². The van der Waals surface area contributed by atoms with Gasteiger partial charge in [-0.15, -0.1) is 0 Å². The summed E-state index contributed by atoms with van der Waals surface area (Å²) in [5.74, 6) is -2.72. The van der Waals surface area contributed by atoms with Gasteiger partial charge in [0.2, 0.25) is 0 Å². The van der Waals surface area contributed by atoms with Crippen molar-refractivity contribution in [1.29, 1.82) is 0 Å². The largest absolute Gasteiger partial charge is 0.416 e. The number of aromatic nitrogens is 2. The molecule has 2 amide bonds. The van der Waals surface area contributed by atoms with E-state index in [4.69, 9.17) is 0 Å². The van der Waals surface area contributed by atoms with Gasteiger partial charge in [0.25, 0.3) is 0 Å². The highest BCUT2D eigenvalue weighted by molar-refractivity contribution is 6.43. The molecule has 2 rings (SSSR count). The fourth-order valence-electron chi connectivity index (χ4n) is 2.56.